The fourth-order valence-electron chi connectivity index (χ4n) is 3.98. The normalized spacial score (nSPS) is 18.2. The first kappa shape index (κ1) is 18.0. The van der Waals surface area contributed by atoms with Gasteiger partial charge in [0.2, 0.25) is 5.91 Å². The van der Waals surface area contributed by atoms with Crippen molar-refractivity contribution in [3.8, 4) is 11.1 Å². The highest BCUT2D eigenvalue weighted by molar-refractivity contribution is 5.90. The van der Waals surface area contributed by atoms with Gasteiger partial charge in [-0.15, -0.1) is 0 Å². The molecule has 2 aromatic rings. The summed E-state index contributed by atoms with van der Waals surface area (Å²) in [6.45, 7) is 0.629. The van der Waals surface area contributed by atoms with Crippen LogP contribution >= 0.6 is 0 Å². The maximum atomic E-state index is 12.6. The predicted octanol–water partition coefficient (Wildman–Crippen LogP) is 2.21. The van der Waals surface area contributed by atoms with Gasteiger partial charge in [-0.3, -0.25) is 14.5 Å². The number of piperazine rings is 1. The molecule has 0 bridgehead atoms. The summed E-state index contributed by atoms with van der Waals surface area (Å²) in [4.78, 5) is 36.9. The molecule has 2 amide bonds. The summed E-state index contributed by atoms with van der Waals surface area (Å²) in [5, 5.41) is 11.6. The standard InChI is InChI=1S/C21H20N2O5/c24-19(25)11-18-20(26)22-9-10-23(18)21(27)28-12-17-15-7-3-1-5-13(15)14-6-2-4-8-16(14)17/h1-8,17-18H,9-12H2,(H,22,26)(H,24,25)/t18-/m1/s1. The van der Waals surface area contributed by atoms with Crippen LogP contribution in [-0.2, 0) is 14.3 Å². The lowest BCUT2D eigenvalue weighted by molar-refractivity contribution is -0.142. The molecule has 0 saturated carbocycles. The van der Waals surface area contributed by atoms with E-state index < -0.39 is 30.4 Å². The number of nitrogens with one attached hydrogen (secondary N) is 1. The van der Waals surface area contributed by atoms with Gasteiger partial charge >= 0.3 is 12.1 Å². The second kappa shape index (κ2) is 7.34. The van der Waals surface area contributed by atoms with Crippen LogP contribution in [0.5, 0.6) is 0 Å². The van der Waals surface area contributed by atoms with Crippen LogP contribution in [-0.4, -0.2) is 53.7 Å². The van der Waals surface area contributed by atoms with E-state index in [1.165, 1.54) is 4.90 Å². The summed E-state index contributed by atoms with van der Waals surface area (Å²) < 4.78 is 5.55. The molecule has 0 aromatic heterocycles. The largest absolute Gasteiger partial charge is 0.481 e. The van der Waals surface area contributed by atoms with Crippen LogP contribution in [0.25, 0.3) is 11.1 Å². The summed E-state index contributed by atoms with van der Waals surface area (Å²) >= 11 is 0. The molecule has 4 rings (SSSR count). The highest BCUT2D eigenvalue weighted by Gasteiger charge is 2.36. The first-order valence-corrected chi connectivity index (χ1v) is 9.17. The van der Waals surface area contributed by atoms with Crippen molar-refractivity contribution in [3.63, 3.8) is 0 Å². The summed E-state index contributed by atoms with van der Waals surface area (Å²) in [6, 6.07) is 15.0. The van der Waals surface area contributed by atoms with Gasteiger partial charge in [-0.2, -0.15) is 0 Å². The Morgan fingerprint density at radius 1 is 1.07 bits per heavy atom. The Morgan fingerprint density at radius 2 is 1.68 bits per heavy atom. The Morgan fingerprint density at radius 3 is 2.29 bits per heavy atom. The van der Waals surface area contributed by atoms with E-state index in [1.54, 1.807) is 0 Å². The maximum Gasteiger partial charge on any atom is 0.410 e. The minimum absolute atomic E-state index is 0.0899. The number of fused-ring (bicyclic) bond motifs is 3. The number of carbonyl (C=O) groups excluding carboxylic acids is 2. The van der Waals surface area contributed by atoms with Crippen molar-refractivity contribution in [2.75, 3.05) is 19.7 Å². The van der Waals surface area contributed by atoms with Gasteiger partial charge < -0.3 is 15.2 Å². The van der Waals surface area contributed by atoms with E-state index in [9.17, 15) is 14.4 Å². The summed E-state index contributed by atoms with van der Waals surface area (Å²) in [7, 11) is 0. The molecule has 1 aliphatic carbocycles. The van der Waals surface area contributed by atoms with Crippen LogP contribution in [0.1, 0.15) is 23.5 Å². The quantitative estimate of drug-likeness (QED) is 0.848. The molecule has 7 heteroatoms. The molecule has 0 radical (unpaired) electrons. The van der Waals surface area contributed by atoms with Crippen LogP contribution < -0.4 is 5.32 Å². The van der Waals surface area contributed by atoms with Crippen molar-refractivity contribution in [2.45, 2.75) is 18.4 Å². The van der Waals surface area contributed by atoms with Crippen molar-refractivity contribution in [1.82, 2.24) is 10.2 Å². The highest BCUT2D eigenvalue weighted by atomic mass is 16.6. The molecule has 1 saturated heterocycles. The number of benzene rings is 2. The molecule has 2 N–H and O–H groups in total. The van der Waals surface area contributed by atoms with E-state index in [1.807, 2.05) is 48.5 Å². The van der Waals surface area contributed by atoms with Gasteiger partial charge in [-0.05, 0) is 22.3 Å². The fraction of sp³-hybridized carbons (Fsp3) is 0.286. The molecule has 2 aliphatic rings. The molecule has 144 valence electrons. The molecule has 28 heavy (non-hydrogen) atoms. The monoisotopic (exact) mass is 380 g/mol. The van der Waals surface area contributed by atoms with Gasteiger partial charge in [-0.25, -0.2) is 4.79 Å². The lowest BCUT2D eigenvalue weighted by Gasteiger charge is -2.33. The van der Waals surface area contributed by atoms with Crippen LogP contribution in [0.15, 0.2) is 48.5 Å². The summed E-state index contributed by atoms with van der Waals surface area (Å²) in [6.07, 6.45) is -1.11. The predicted molar refractivity (Wildman–Crippen MR) is 101 cm³/mol. The number of ether oxygens (including phenoxy) is 1. The average molecular weight is 380 g/mol. The second-order valence-electron chi connectivity index (χ2n) is 6.90. The van der Waals surface area contributed by atoms with Crippen molar-refractivity contribution in [2.24, 2.45) is 0 Å². The average Bonchev–Trinajstić information content (AvgIpc) is 3.01. The maximum absolute atomic E-state index is 12.6. The van der Waals surface area contributed by atoms with Crippen LogP contribution in [0, 0.1) is 0 Å². The molecule has 7 nitrogen and oxygen atoms in total. The van der Waals surface area contributed by atoms with E-state index in [0.717, 1.165) is 22.3 Å². The third-order valence-electron chi connectivity index (χ3n) is 5.27. The van der Waals surface area contributed by atoms with E-state index in [2.05, 4.69) is 5.32 Å². The second-order valence-corrected chi connectivity index (χ2v) is 6.90. The smallest absolute Gasteiger partial charge is 0.410 e. The molecule has 1 atom stereocenters. The van der Waals surface area contributed by atoms with Gasteiger partial charge in [0, 0.05) is 19.0 Å². The Labute approximate surface area is 161 Å². The minimum atomic E-state index is -1.14. The molecule has 0 unspecified atom stereocenters. The first-order valence-electron chi connectivity index (χ1n) is 9.17. The zero-order chi connectivity index (χ0) is 19.7. The summed E-state index contributed by atoms with van der Waals surface area (Å²) in [5.74, 6) is -1.70. The third kappa shape index (κ3) is 3.19. The Hall–Kier alpha value is -3.35. The van der Waals surface area contributed by atoms with Gasteiger partial charge in [-0.1, -0.05) is 48.5 Å². The van der Waals surface area contributed by atoms with E-state index in [4.69, 9.17) is 9.84 Å². The van der Waals surface area contributed by atoms with Gasteiger partial charge in [0.15, 0.2) is 0 Å². The number of amides is 2. The lowest BCUT2D eigenvalue weighted by Crippen LogP contribution is -2.58. The molecule has 2 aromatic carbocycles. The Kier molecular flexibility index (Phi) is 4.73. The van der Waals surface area contributed by atoms with Crippen molar-refractivity contribution in [3.05, 3.63) is 59.7 Å². The van der Waals surface area contributed by atoms with Gasteiger partial charge in [0.05, 0.1) is 6.42 Å². The molecular formula is C21H20N2O5. The number of hydrogen-bond acceptors (Lipinski definition) is 4. The SMILES string of the molecule is O=C(O)C[C@@H]1C(=O)NCCN1C(=O)OCC1c2ccccc2-c2ccccc21. The Bertz CT molecular complexity index is 896. The van der Waals surface area contributed by atoms with Crippen molar-refractivity contribution < 1.29 is 24.2 Å². The third-order valence-corrected chi connectivity index (χ3v) is 5.27. The number of carbonyl (C=O) groups is 3. The molecule has 1 aliphatic heterocycles. The van der Waals surface area contributed by atoms with Crippen LogP contribution in [0.3, 0.4) is 0 Å². The number of hydrogen-bond donors (Lipinski definition) is 2. The zero-order valence-corrected chi connectivity index (χ0v) is 15.1. The number of aliphatic carboxylic acids is 1. The minimum Gasteiger partial charge on any atom is -0.481 e. The molecular weight excluding hydrogens is 360 g/mol. The number of nitrogens with zero attached hydrogens (tertiary/aromatic N) is 1. The van der Waals surface area contributed by atoms with Gasteiger partial charge in [0.1, 0.15) is 12.6 Å². The fourth-order valence-corrected chi connectivity index (χ4v) is 3.98. The Balaban J connectivity index is 1.52. The molecule has 0 spiro atoms. The van der Waals surface area contributed by atoms with Crippen LogP contribution in [0.2, 0.25) is 0 Å². The lowest BCUT2D eigenvalue weighted by atomic mass is 9.98. The molecule has 1 fully saturated rings. The van der Waals surface area contributed by atoms with Gasteiger partial charge in [0.25, 0.3) is 0 Å². The van der Waals surface area contributed by atoms with E-state index in [0.29, 0.717) is 0 Å². The number of carboxylic acids is 1. The van der Waals surface area contributed by atoms with Crippen LogP contribution in [0.4, 0.5) is 4.79 Å². The van der Waals surface area contributed by atoms with E-state index >= 15 is 0 Å². The highest BCUT2D eigenvalue weighted by Crippen LogP contribution is 2.44. The molecule has 1 heterocycles. The first-order chi connectivity index (χ1) is 13.6. The summed E-state index contributed by atoms with van der Waals surface area (Å²) in [5.41, 5.74) is 4.44. The number of carboxylic acid groups (broad SMARTS) is 1. The topological polar surface area (TPSA) is 95.9 Å². The van der Waals surface area contributed by atoms with Crippen molar-refractivity contribution >= 4 is 18.0 Å². The number of rotatable bonds is 4. The van der Waals surface area contributed by atoms with Crippen molar-refractivity contribution in [1.29, 1.82) is 0 Å². The van der Waals surface area contributed by atoms with E-state index in [-0.39, 0.29) is 25.6 Å². The zero-order valence-electron chi connectivity index (χ0n) is 15.1.